The molecule has 0 bridgehead atoms. The molecule has 2 rings (SSSR count). The summed E-state index contributed by atoms with van der Waals surface area (Å²) in [5, 5.41) is 2.75. The predicted molar refractivity (Wildman–Crippen MR) is 101 cm³/mol. The van der Waals surface area contributed by atoms with Crippen molar-refractivity contribution in [3.63, 3.8) is 0 Å². The molecule has 0 heterocycles. The zero-order chi connectivity index (χ0) is 18.6. The largest absolute Gasteiger partial charge is 0.325 e. The Hall–Kier alpha value is -1.60. The highest BCUT2D eigenvalue weighted by atomic mass is 35.5. The van der Waals surface area contributed by atoms with E-state index in [-0.39, 0.29) is 21.5 Å². The Morgan fingerprint density at radius 2 is 1.68 bits per heavy atom. The van der Waals surface area contributed by atoms with Gasteiger partial charge in [-0.25, -0.2) is 8.42 Å². The van der Waals surface area contributed by atoms with Crippen LogP contribution in [0.1, 0.15) is 12.5 Å². The van der Waals surface area contributed by atoms with Gasteiger partial charge in [0.25, 0.3) is 0 Å². The molecule has 8 heteroatoms. The van der Waals surface area contributed by atoms with E-state index >= 15 is 0 Å². The Morgan fingerprint density at radius 1 is 1.08 bits per heavy atom. The monoisotopic (exact) mass is 400 g/mol. The Labute approximate surface area is 157 Å². The summed E-state index contributed by atoms with van der Waals surface area (Å²) >= 11 is 11.9. The molecule has 0 aliphatic heterocycles. The molecule has 0 saturated carbocycles. The third kappa shape index (κ3) is 4.52. The minimum atomic E-state index is -3.99. The summed E-state index contributed by atoms with van der Waals surface area (Å²) in [4.78, 5) is 12.0. The molecule has 0 fully saturated rings. The number of anilines is 1. The van der Waals surface area contributed by atoms with Crippen molar-refractivity contribution in [2.24, 2.45) is 0 Å². The van der Waals surface area contributed by atoms with Crippen LogP contribution in [0.15, 0.2) is 47.4 Å². The van der Waals surface area contributed by atoms with Crippen molar-refractivity contribution < 1.29 is 13.2 Å². The number of sulfonamides is 1. The number of benzene rings is 2. The van der Waals surface area contributed by atoms with Gasteiger partial charge in [-0.2, -0.15) is 4.31 Å². The highest BCUT2D eigenvalue weighted by molar-refractivity contribution is 7.89. The molecule has 0 aromatic heterocycles. The minimum absolute atomic E-state index is 0.0103. The number of likely N-dealkylation sites (N-methyl/N-ethyl adjacent to an activating group) is 1. The van der Waals surface area contributed by atoms with Gasteiger partial charge in [-0.05, 0) is 30.2 Å². The molecule has 0 unspecified atom stereocenters. The fraction of sp³-hybridized carbons (Fsp3) is 0.235. The van der Waals surface area contributed by atoms with E-state index in [1.54, 1.807) is 18.2 Å². The highest BCUT2D eigenvalue weighted by Crippen LogP contribution is 2.30. The van der Waals surface area contributed by atoms with Crippen molar-refractivity contribution in [2.75, 3.05) is 18.9 Å². The zero-order valence-corrected chi connectivity index (χ0v) is 16.1. The summed E-state index contributed by atoms with van der Waals surface area (Å²) in [6.07, 6.45) is 0.750. The molecule has 1 N–H and O–H groups in total. The van der Waals surface area contributed by atoms with E-state index in [1.165, 1.54) is 19.2 Å². The number of aryl methyl sites for hydroxylation is 1. The van der Waals surface area contributed by atoms with E-state index in [0.29, 0.717) is 5.69 Å². The number of rotatable bonds is 6. The number of nitrogens with one attached hydrogen (secondary N) is 1. The van der Waals surface area contributed by atoms with Crippen molar-refractivity contribution in [3.8, 4) is 0 Å². The first-order valence-electron chi connectivity index (χ1n) is 7.55. The number of carbonyl (C=O) groups is 1. The van der Waals surface area contributed by atoms with Crippen LogP contribution in [-0.4, -0.2) is 32.2 Å². The topological polar surface area (TPSA) is 66.5 Å². The average molecular weight is 401 g/mol. The Morgan fingerprint density at radius 3 is 2.28 bits per heavy atom. The third-order valence-electron chi connectivity index (χ3n) is 3.63. The molecular formula is C17H18Cl2N2O3S. The molecule has 0 saturated heterocycles. The molecule has 0 atom stereocenters. The fourth-order valence-corrected chi connectivity index (χ4v) is 4.52. The van der Waals surface area contributed by atoms with Gasteiger partial charge in [0.1, 0.15) is 4.90 Å². The van der Waals surface area contributed by atoms with Gasteiger partial charge in [-0.1, -0.05) is 54.4 Å². The standard InChI is InChI=1S/C17H18Cl2N2O3S/c1-3-12-7-4-5-10-15(12)20-16(22)11-21(2)25(23,24)17-13(18)8-6-9-14(17)19/h4-10H,3,11H2,1-2H3,(H,20,22). The lowest BCUT2D eigenvalue weighted by molar-refractivity contribution is -0.116. The number of amides is 1. The van der Waals surface area contributed by atoms with Gasteiger partial charge in [0.15, 0.2) is 0 Å². The fourth-order valence-electron chi connectivity index (χ4n) is 2.31. The van der Waals surface area contributed by atoms with Gasteiger partial charge in [-0.3, -0.25) is 4.79 Å². The lowest BCUT2D eigenvalue weighted by Gasteiger charge is -2.19. The van der Waals surface area contributed by atoms with Crippen LogP contribution in [0.3, 0.4) is 0 Å². The van der Waals surface area contributed by atoms with Crippen LogP contribution in [-0.2, 0) is 21.2 Å². The van der Waals surface area contributed by atoms with Crippen molar-refractivity contribution in [1.29, 1.82) is 0 Å². The third-order valence-corrected chi connectivity index (χ3v) is 6.39. The Kier molecular flexibility index (Phi) is 6.46. The maximum atomic E-state index is 12.7. The van der Waals surface area contributed by atoms with E-state index in [4.69, 9.17) is 23.2 Å². The summed E-state index contributed by atoms with van der Waals surface area (Å²) in [5.74, 6) is -0.449. The van der Waals surface area contributed by atoms with Crippen molar-refractivity contribution >= 4 is 44.8 Å². The number of hydrogen-bond donors (Lipinski definition) is 1. The summed E-state index contributed by atoms with van der Waals surface area (Å²) in [6.45, 7) is 1.61. The number of para-hydroxylation sites is 1. The number of nitrogens with zero attached hydrogens (tertiary/aromatic N) is 1. The minimum Gasteiger partial charge on any atom is -0.325 e. The average Bonchev–Trinajstić information content (AvgIpc) is 2.54. The first-order valence-corrected chi connectivity index (χ1v) is 9.75. The molecule has 134 valence electrons. The normalized spacial score (nSPS) is 11.6. The van der Waals surface area contributed by atoms with Crippen LogP contribution in [0, 0.1) is 0 Å². The first-order chi connectivity index (χ1) is 11.8. The van der Waals surface area contributed by atoms with Crippen LogP contribution in [0.5, 0.6) is 0 Å². The van der Waals surface area contributed by atoms with Crippen LogP contribution >= 0.6 is 23.2 Å². The van der Waals surface area contributed by atoms with Crippen LogP contribution in [0.2, 0.25) is 10.0 Å². The van der Waals surface area contributed by atoms with Gasteiger partial charge >= 0.3 is 0 Å². The molecule has 1 amide bonds. The maximum absolute atomic E-state index is 12.7. The molecule has 0 aliphatic carbocycles. The summed E-state index contributed by atoms with van der Waals surface area (Å²) in [6, 6.07) is 11.8. The smallest absolute Gasteiger partial charge is 0.246 e. The van der Waals surface area contributed by atoms with E-state index in [0.717, 1.165) is 16.3 Å². The molecule has 2 aromatic carbocycles. The molecule has 0 aliphatic rings. The summed E-state index contributed by atoms with van der Waals surface area (Å²) < 4.78 is 26.2. The van der Waals surface area contributed by atoms with Crippen LogP contribution in [0.25, 0.3) is 0 Å². The quantitative estimate of drug-likeness (QED) is 0.801. The highest BCUT2D eigenvalue weighted by Gasteiger charge is 2.28. The van der Waals surface area contributed by atoms with Gasteiger partial charge in [0.05, 0.1) is 16.6 Å². The lowest BCUT2D eigenvalue weighted by atomic mass is 10.1. The lowest BCUT2D eigenvalue weighted by Crippen LogP contribution is -2.35. The molecule has 25 heavy (non-hydrogen) atoms. The Bertz CT molecular complexity index is 865. The van der Waals surface area contributed by atoms with E-state index in [2.05, 4.69) is 5.32 Å². The summed E-state index contributed by atoms with van der Waals surface area (Å²) in [7, 11) is -2.69. The molecule has 0 spiro atoms. The Balaban J connectivity index is 2.18. The first kappa shape index (κ1) is 19.7. The van der Waals surface area contributed by atoms with Gasteiger partial charge < -0.3 is 5.32 Å². The van der Waals surface area contributed by atoms with E-state index < -0.39 is 15.9 Å². The second kappa shape index (κ2) is 8.19. The predicted octanol–water partition coefficient (Wildman–Crippen LogP) is 3.82. The van der Waals surface area contributed by atoms with E-state index in [1.807, 2.05) is 19.1 Å². The van der Waals surface area contributed by atoms with Crippen LogP contribution < -0.4 is 5.32 Å². The van der Waals surface area contributed by atoms with Gasteiger partial charge in [0, 0.05) is 12.7 Å². The van der Waals surface area contributed by atoms with E-state index in [9.17, 15) is 13.2 Å². The maximum Gasteiger partial charge on any atom is 0.246 e. The molecule has 5 nitrogen and oxygen atoms in total. The second-order valence-corrected chi connectivity index (χ2v) is 8.17. The summed E-state index contributed by atoms with van der Waals surface area (Å²) in [5.41, 5.74) is 1.63. The SMILES string of the molecule is CCc1ccccc1NC(=O)CN(C)S(=O)(=O)c1c(Cl)cccc1Cl. The molecular weight excluding hydrogens is 383 g/mol. The van der Waals surface area contributed by atoms with Crippen molar-refractivity contribution in [3.05, 3.63) is 58.1 Å². The van der Waals surface area contributed by atoms with Crippen molar-refractivity contribution in [2.45, 2.75) is 18.2 Å². The van der Waals surface area contributed by atoms with Crippen LogP contribution in [0.4, 0.5) is 5.69 Å². The number of halogens is 2. The zero-order valence-electron chi connectivity index (χ0n) is 13.8. The second-order valence-electron chi connectivity index (χ2n) is 5.37. The number of hydrogen-bond acceptors (Lipinski definition) is 3. The van der Waals surface area contributed by atoms with Gasteiger partial charge in [-0.15, -0.1) is 0 Å². The van der Waals surface area contributed by atoms with Crippen molar-refractivity contribution in [1.82, 2.24) is 4.31 Å². The molecule has 0 radical (unpaired) electrons. The number of carbonyl (C=O) groups excluding carboxylic acids is 1. The molecule has 2 aromatic rings. The van der Waals surface area contributed by atoms with Gasteiger partial charge in [0.2, 0.25) is 15.9 Å².